The molecule has 0 amide bonds. The zero-order valence-corrected chi connectivity index (χ0v) is 15.8. The molecule has 0 N–H and O–H groups in total. The molecule has 0 aromatic heterocycles. The van der Waals surface area contributed by atoms with Gasteiger partial charge in [0.15, 0.2) is 0 Å². The molecule has 1 aromatic carbocycles. The van der Waals surface area contributed by atoms with Crippen molar-refractivity contribution < 1.29 is 31.5 Å². The summed E-state index contributed by atoms with van der Waals surface area (Å²) in [5.41, 5.74) is -0.660. The second-order valence-corrected chi connectivity index (χ2v) is 7.99. The molecule has 0 heterocycles. The monoisotopic (exact) mass is 382 g/mol. The van der Waals surface area contributed by atoms with Crippen LogP contribution in [0.2, 0.25) is 0 Å². The van der Waals surface area contributed by atoms with E-state index in [1.165, 1.54) is 26.4 Å². The van der Waals surface area contributed by atoms with E-state index < -0.39 is 19.3 Å². The molecule has 8 heteroatoms. The topological polar surface area (TPSA) is 44.8 Å². The Hall–Kier alpha value is -1.04. The first kappa shape index (κ1) is 22.0. The van der Waals surface area contributed by atoms with Crippen LogP contribution in [0.4, 0.5) is 13.2 Å². The summed E-state index contributed by atoms with van der Waals surface area (Å²) in [6.45, 7) is 2.33. The fourth-order valence-corrected chi connectivity index (χ4v) is 3.39. The quantitative estimate of drug-likeness (QED) is 0.346. The molecular formula is C17H26F3O4P. The molecule has 0 bridgehead atoms. The molecule has 0 atom stereocenters. The molecule has 0 fully saturated rings. The van der Waals surface area contributed by atoms with Crippen LogP contribution >= 0.6 is 7.60 Å². The largest absolute Gasteiger partial charge is 0.493 e. The minimum atomic E-state index is -4.56. The van der Waals surface area contributed by atoms with Gasteiger partial charge in [-0.1, -0.05) is 38.7 Å². The van der Waals surface area contributed by atoms with E-state index in [0.29, 0.717) is 6.42 Å². The standard InChI is InChI=1S/C17H26F3O4P/c1-4-5-6-7-8-11-24-16-10-9-14(12-15(16)17(18,19)20)13-25(21,22-2)23-3/h9-10,12H,4-8,11,13H2,1-3H3. The fraction of sp³-hybridized carbons (Fsp3) is 0.647. The van der Waals surface area contributed by atoms with Crippen LogP contribution in [0.5, 0.6) is 5.75 Å². The van der Waals surface area contributed by atoms with Crippen LogP contribution in [0, 0.1) is 0 Å². The first-order valence-corrected chi connectivity index (χ1v) is 10.0. The molecule has 4 nitrogen and oxygen atoms in total. The lowest BCUT2D eigenvalue weighted by Crippen LogP contribution is -2.10. The summed E-state index contributed by atoms with van der Waals surface area (Å²) in [6, 6.07) is 3.66. The third-order valence-corrected chi connectivity index (χ3v) is 5.65. The number of benzene rings is 1. The molecular weight excluding hydrogens is 356 g/mol. The number of ether oxygens (including phenoxy) is 1. The third-order valence-electron chi connectivity index (χ3n) is 3.79. The van der Waals surface area contributed by atoms with Gasteiger partial charge in [-0.3, -0.25) is 4.57 Å². The van der Waals surface area contributed by atoms with E-state index in [0.717, 1.165) is 31.7 Å². The van der Waals surface area contributed by atoms with Crippen molar-refractivity contribution >= 4 is 7.60 Å². The van der Waals surface area contributed by atoms with Gasteiger partial charge in [-0.15, -0.1) is 0 Å². The summed E-state index contributed by atoms with van der Waals surface area (Å²) >= 11 is 0. The number of unbranched alkanes of at least 4 members (excludes halogenated alkanes) is 4. The van der Waals surface area contributed by atoms with Gasteiger partial charge in [0.05, 0.1) is 18.3 Å². The van der Waals surface area contributed by atoms with Gasteiger partial charge in [-0.2, -0.15) is 13.2 Å². The molecule has 0 spiro atoms. The minimum Gasteiger partial charge on any atom is -0.493 e. The number of hydrogen-bond acceptors (Lipinski definition) is 4. The van der Waals surface area contributed by atoms with Gasteiger partial charge in [0.1, 0.15) is 5.75 Å². The molecule has 0 saturated carbocycles. The Kier molecular flexibility index (Phi) is 8.97. The fourth-order valence-electron chi connectivity index (χ4n) is 2.34. The Balaban J connectivity index is 2.83. The van der Waals surface area contributed by atoms with Crippen molar-refractivity contribution in [1.29, 1.82) is 0 Å². The molecule has 0 saturated heterocycles. The van der Waals surface area contributed by atoms with Crippen LogP contribution in [0.3, 0.4) is 0 Å². The van der Waals surface area contributed by atoms with Gasteiger partial charge in [0.2, 0.25) is 0 Å². The molecule has 1 aromatic rings. The van der Waals surface area contributed by atoms with Gasteiger partial charge < -0.3 is 13.8 Å². The highest BCUT2D eigenvalue weighted by atomic mass is 31.2. The minimum absolute atomic E-state index is 0.212. The van der Waals surface area contributed by atoms with E-state index in [1.54, 1.807) is 0 Å². The Bertz CT molecular complexity index is 568. The second-order valence-electron chi connectivity index (χ2n) is 5.73. The second kappa shape index (κ2) is 10.2. The van der Waals surface area contributed by atoms with Crippen molar-refractivity contribution in [2.24, 2.45) is 0 Å². The SMILES string of the molecule is CCCCCCCOc1ccc(CP(=O)(OC)OC)cc1C(F)(F)F. The lowest BCUT2D eigenvalue weighted by atomic mass is 10.1. The van der Waals surface area contributed by atoms with Gasteiger partial charge >= 0.3 is 13.8 Å². The molecule has 1 rings (SSSR count). The summed E-state index contributed by atoms with van der Waals surface area (Å²) in [4.78, 5) is 0. The first-order valence-electron chi connectivity index (χ1n) is 8.29. The highest BCUT2D eigenvalue weighted by Crippen LogP contribution is 2.50. The van der Waals surface area contributed by atoms with E-state index in [9.17, 15) is 17.7 Å². The average Bonchev–Trinajstić information content (AvgIpc) is 2.58. The van der Waals surface area contributed by atoms with Crippen molar-refractivity contribution in [2.75, 3.05) is 20.8 Å². The summed E-state index contributed by atoms with van der Waals surface area (Å²) in [5.74, 6) is -0.212. The molecule has 0 aliphatic carbocycles. The van der Waals surface area contributed by atoms with Crippen LogP contribution in [0.15, 0.2) is 18.2 Å². The maximum Gasteiger partial charge on any atom is 0.419 e. The number of halogens is 3. The van der Waals surface area contributed by atoms with E-state index in [2.05, 4.69) is 6.92 Å². The Morgan fingerprint density at radius 2 is 1.68 bits per heavy atom. The zero-order valence-electron chi connectivity index (χ0n) is 14.9. The van der Waals surface area contributed by atoms with Crippen molar-refractivity contribution in [2.45, 2.75) is 51.4 Å². The van der Waals surface area contributed by atoms with Crippen LogP contribution in [-0.2, 0) is 26.0 Å². The Labute approximate surface area is 147 Å². The van der Waals surface area contributed by atoms with E-state index >= 15 is 0 Å². The first-order chi connectivity index (χ1) is 11.8. The number of alkyl halides is 3. The lowest BCUT2D eigenvalue weighted by molar-refractivity contribution is -0.139. The number of rotatable bonds is 11. The maximum absolute atomic E-state index is 13.3. The van der Waals surface area contributed by atoms with E-state index in [-0.39, 0.29) is 24.1 Å². The van der Waals surface area contributed by atoms with Gasteiger partial charge in [-0.05, 0) is 24.1 Å². The van der Waals surface area contributed by atoms with Crippen LogP contribution < -0.4 is 4.74 Å². The normalized spacial score (nSPS) is 12.4. The molecule has 144 valence electrons. The number of hydrogen-bond donors (Lipinski definition) is 0. The maximum atomic E-state index is 13.3. The molecule has 0 aliphatic rings. The van der Waals surface area contributed by atoms with Crippen molar-refractivity contribution in [1.82, 2.24) is 0 Å². The summed E-state index contributed by atoms with van der Waals surface area (Å²) in [6.07, 6.45) is 0.112. The van der Waals surface area contributed by atoms with Crippen molar-refractivity contribution in [3.8, 4) is 5.75 Å². The lowest BCUT2D eigenvalue weighted by Gasteiger charge is -2.17. The van der Waals surface area contributed by atoms with Gasteiger partial charge in [-0.25, -0.2) is 0 Å². The van der Waals surface area contributed by atoms with Gasteiger partial charge in [0.25, 0.3) is 0 Å². The summed E-state index contributed by atoms with van der Waals surface area (Å²) in [7, 11) is -1.04. The van der Waals surface area contributed by atoms with Crippen molar-refractivity contribution in [3.05, 3.63) is 29.3 Å². The highest BCUT2D eigenvalue weighted by molar-refractivity contribution is 7.52. The van der Waals surface area contributed by atoms with Crippen molar-refractivity contribution in [3.63, 3.8) is 0 Å². The molecule has 25 heavy (non-hydrogen) atoms. The van der Waals surface area contributed by atoms with E-state index in [1.807, 2.05) is 0 Å². The van der Waals surface area contributed by atoms with Crippen LogP contribution in [0.1, 0.15) is 50.2 Å². The molecule has 0 radical (unpaired) electrons. The predicted octanol–water partition coefficient (Wildman–Crippen LogP) is 6.04. The van der Waals surface area contributed by atoms with E-state index in [4.69, 9.17) is 13.8 Å². The highest BCUT2D eigenvalue weighted by Gasteiger charge is 2.35. The summed E-state index contributed by atoms with van der Waals surface area (Å²) < 4.78 is 66.9. The zero-order chi connectivity index (χ0) is 18.9. The van der Waals surface area contributed by atoms with Gasteiger partial charge in [0, 0.05) is 14.2 Å². The summed E-state index contributed by atoms with van der Waals surface area (Å²) in [5, 5.41) is 0. The average molecular weight is 382 g/mol. The van der Waals surface area contributed by atoms with Crippen LogP contribution in [0.25, 0.3) is 0 Å². The third kappa shape index (κ3) is 7.38. The smallest absolute Gasteiger partial charge is 0.419 e. The molecule has 0 aliphatic heterocycles. The Morgan fingerprint density at radius 3 is 2.24 bits per heavy atom. The van der Waals surface area contributed by atoms with Crippen LogP contribution in [-0.4, -0.2) is 20.8 Å². The molecule has 0 unspecified atom stereocenters. The Morgan fingerprint density at radius 1 is 1.04 bits per heavy atom. The predicted molar refractivity (Wildman–Crippen MR) is 91.0 cm³/mol.